The topological polar surface area (TPSA) is 78.4 Å². The van der Waals surface area contributed by atoms with Crippen LogP contribution in [0.2, 0.25) is 5.02 Å². The first-order valence-corrected chi connectivity index (χ1v) is 7.15. The fourth-order valence-corrected chi connectivity index (χ4v) is 2.46. The zero-order chi connectivity index (χ0) is 14.4. The molecular formula is C12H14ClIN2O3. The standard InChI is InChI=1S/C12H14ClIN2O3/c1-2-3-10(11(17)18)16-12(19)15-9-5-4-7(13)6-8(9)14/h4-6,10H,2-3H2,1H3,(H,17,18)(H2,15,16,19)/t10-/m1/s1. The molecule has 19 heavy (non-hydrogen) atoms. The van der Waals surface area contributed by atoms with Crippen molar-refractivity contribution in [1.29, 1.82) is 0 Å². The molecule has 0 fully saturated rings. The van der Waals surface area contributed by atoms with Crippen molar-refractivity contribution in [3.05, 3.63) is 26.8 Å². The second-order valence-corrected chi connectivity index (χ2v) is 5.50. The van der Waals surface area contributed by atoms with Gasteiger partial charge in [-0.25, -0.2) is 9.59 Å². The molecule has 5 nitrogen and oxygen atoms in total. The van der Waals surface area contributed by atoms with Gasteiger partial charge >= 0.3 is 12.0 Å². The van der Waals surface area contributed by atoms with Crippen molar-refractivity contribution >= 4 is 51.9 Å². The summed E-state index contributed by atoms with van der Waals surface area (Å²) < 4.78 is 0.780. The second-order valence-electron chi connectivity index (χ2n) is 3.90. The number of carboxylic acid groups (broad SMARTS) is 1. The normalized spacial score (nSPS) is 11.7. The van der Waals surface area contributed by atoms with E-state index in [-0.39, 0.29) is 0 Å². The number of urea groups is 1. The summed E-state index contributed by atoms with van der Waals surface area (Å²) in [6.07, 6.45) is 1.07. The highest BCUT2D eigenvalue weighted by Gasteiger charge is 2.18. The van der Waals surface area contributed by atoms with Crippen molar-refractivity contribution in [2.45, 2.75) is 25.8 Å². The van der Waals surface area contributed by atoms with Gasteiger partial charge in [-0.2, -0.15) is 0 Å². The Morgan fingerprint density at radius 2 is 2.16 bits per heavy atom. The molecule has 0 radical (unpaired) electrons. The molecule has 0 heterocycles. The highest BCUT2D eigenvalue weighted by molar-refractivity contribution is 14.1. The minimum absolute atomic E-state index is 0.389. The van der Waals surface area contributed by atoms with E-state index in [1.807, 2.05) is 29.5 Å². The first kappa shape index (κ1) is 16.0. The summed E-state index contributed by atoms with van der Waals surface area (Å²) >= 11 is 7.85. The predicted molar refractivity (Wildman–Crippen MR) is 82.7 cm³/mol. The summed E-state index contributed by atoms with van der Waals surface area (Å²) in [6, 6.07) is 3.61. The number of benzene rings is 1. The zero-order valence-corrected chi connectivity index (χ0v) is 13.2. The van der Waals surface area contributed by atoms with Gasteiger partial charge in [0.2, 0.25) is 0 Å². The highest BCUT2D eigenvalue weighted by atomic mass is 127. The van der Waals surface area contributed by atoms with Gasteiger partial charge in [0.25, 0.3) is 0 Å². The van der Waals surface area contributed by atoms with E-state index in [0.717, 1.165) is 3.57 Å². The van der Waals surface area contributed by atoms with Crippen LogP contribution >= 0.6 is 34.2 Å². The number of carboxylic acids is 1. The van der Waals surface area contributed by atoms with E-state index in [0.29, 0.717) is 23.6 Å². The highest BCUT2D eigenvalue weighted by Crippen LogP contribution is 2.22. The molecule has 0 saturated carbocycles. The van der Waals surface area contributed by atoms with Gasteiger partial charge in [-0.05, 0) is 47.2 Å². The molecule has 0 aliphatic carbocycles. The van der Waals surface area contributed by atoms with Gasteiger partial charge in [-0.3, -0.25) is 0 Å². The Morgan fingerprint density at radius 1 is 1.47 bits per heavy atom. The van der Waals surface area contributed by atoms with Gasteiger partial charge in [0.05, 0.1) is 5.69 Å². The summed E-state index contributed by atoms with van der Waals surface area (Å²) in [7, 11) is 0. The molecule has 3 N–H and O–H groups in total. The Kier molecular flexibility index (Phi) is 6.36. The maximum atomic E-state index is 11.7. The molecule has 0 aliphatic rings. The number of rotatable bonds is 5. The van der Waals surface area contributed by atoms with Gasteiger partial charge < -0.3 is 15.7 Å². The quantitative estimate of drug-likeness (QED) is 0.668. The Hall–Kier alpha value is -1.02. The molecule has 1 rings (SSSR count). The Labute approximate surface area is 129 Å². The van der Waals surface area contributed by atoms with Crippen molar-refractivity contribution < 1.29 is 14.7 Å². The van der Waals surface area contributed by atoms with E-state index in [1.165, 1.54) is 0 Å². The minimum Gasteiger partial charge on any atom is -0.480 e. The van der Waals surface area contributed by atoms with Crippen molar-refractivity contribution in [3.63, 3.8) is 0 Å². The van der Waals surface area contributed by atoms with Crippen LogP contribution in [0.15, 0.2) is 18.2 Å². The van der Waals surface area contributed by atoms with Crippen molar-refractivity contribution in [3.8, 4) is 0 Å². The molecule has 0 saturated heterocycles. The molecule has 0 bridgehead atoms. The lowest BCUT2D eigenvalue weighted by atomic mass is 10.2. The number of carbonyl (C=O) groups is 2. The third kappa shape index (κ3) is 5.23. The maximum Gasteiger partial charge on any atom is 0.326 e. The van der Waals surface area contributed by atoms with Gasteiger partial charge in [0, 0.05) is 8.59 Å². The Bertz CT molecular complexity index is 482. The van der Waals surface area contributed by atoms with Crippen LogP contribution in [0.1, 0.15) is 19.8 Å². The molecule has 0 unspecified atom stereocenters. The second kappa shape index (κ2) is 7.54. The molecule has 1 aromatic rings. The monoisotopic (exact) mass is 396 g/mol. The van der Waals surface area contributed by atoms with Crippen LogP contribution in [0.3, 0.4) is 0 Å². The Balaban J connectivity index is 2.66. The summed E-state index contributed by atoms with van der Waals surface area (Å²) in [5.74, 6) is -1.04. The summed E-state index contributed by atoms with van der Waals surface area (Å²) in [4.78, 5) is 22.6. The maximum absolute atomic E-state index is 11.7. The van der Waals surface area contributed by atoms with E-state index in [1.54, 1.807) is 18.2 Å². The largest absolute Gasteiger partial charge is 0.480 e. The smallest absolute Gasteiger partial charge is 0.326 e. The number of aliphatic carboxylic acids is 1. The van der Waals surface area contributed by atoms with Gasteiger partial charge in [-0.1, -0.05) is 24.9 Å². The number of nitrogens with one attached hydrogen (secondary N) is 2. The summed E-state index contributed by atoms with van der Waals surface area (Å²) in [5.41, 5.74) is 0.586. The summed E-state index contributed by atoms with van der Waals surface area (Å²) in [6.45, 7) is 1.86. The van der Waals surface area contributed by atoms with E-state index < -0.39 is 18.0 Å². The van der Waals surface area contributed by atoms with Crippen molar-refractivity contribution in [1.82, 2.24) is 5.32 Å². The van der Waals surface area contributed by atoms with E-state index >= 15 is 0 Å². The van der Waals surface area contributed by atoms with Crippen LogP contribution in [0.4, 0.5) is 10.5 Å². The molecule has 104 valence electrons. The lowest BCUT2D eigenvalue weighted by Gasteiger charge is -2.15. The van der Waals surface area contributed by atoms with Gasteiger partial charge in [0.15, 0.2) is 0 Å². The Morgan fingerprint density at radius 3 is 2.68 bits per heavy atom. The molecule has 0 aliphatic heterocycles. The fourth-order valence-electron chi connectivity index (χ4n) is 1.45. The lowest BCUT2D eigenvalue weighted by Crippen LogP contribution is -2.42. The number of amides is 2. The van der Waals surface area contributed by atoms with Gasteiger partial charge in [0.1, 0.15) is 6.04 Å². The summed E-state index contributed by atoms with van der Waals surface area (Å²) in [5, 5.41) is 14.5. The molecule has 1 aromatic carbocycles. The predicted octanol–water partition coefficient (Wildman–Crippen LogP) is 3.32. The first-order chi connectivity index (χ1) is 8.93. The fraction of sp³-hybridized carbons (Fsp3) is 0.333. The third-order valence-electron chi connectivity index (χ3n) is 2.36. The van der Waals surface area contributed by atoms with E-state index in [2.05, 4.69) is 10.6 Å². The average molecular weight is 397 g/mol. The van der Waals surface area contributed by atoms with Crippen molar-refractivity contribution in [2.24, 2.45) is 0 Å². The molecule has 1 atom stereocenters. The molecule has 0 spiro atoms. The zero-order valence-electron chi connectivity index (χ0n) is 10.2. The number of hydrogen-bond donors (Lipinski definition) is 3. The third-order valence-corrected chi connectivity index (χ3v) is 3.49. The van der Waals surface area contributed by atoms with E-state index in [9.17, 15) is 9.59 Å². The van der Waals surface area contributed by atoms with Crippen LogP contribution in [0, 0.1) is 3.57 Å². The van der Waals surface area contributed by atoms with Crippen LogP contribution in [0.5, 0.6) is 0 Å². The van der Waals surface area contributed by atoms with Crippen LogP contribution in [-0.2, 0) is 4.79 Å². The number of anilines is 1. The van der Waals surface area contributed by atoms with Crippen LogP contribution < -0.4 is 10.6 Å². The SMILES string of the molecule is CCC[C@@H](NC(=O)Nc1ccc(Cl)cc1I)C(=O)O. The van der Waals surface area contributed by atoms with Gasteiger partial charge in [-0.15, -0.1) is 0 Å². The molecule has 2 amide bonds. The first-order valence-electron chi connectivity index (χ1n) is 5.69. The molecular weight excluding hydrogens is 383 g/mol. The van der Waals surface area contributed by atoms with Crippen LogP contribution in [-0.4, -0.2) is 23.1 Å². The molecule has 7 heteroatoms. The number of hydrogen-bond acceptors (Lipinski definition) is 2. The average Bonchev–Trinajstić information content (AvgIpc) is 2.32. The number of halogens is 2. The minimum atomic E-state index is -1.04. The van der Waals surface area contributed by atoms with Crippen LogP contribution in [0.25, 0.3) is 0 Å². The van der Waals surface area contributed by atoms with Crippen molar-refractivity contribution in [2.75, 3.05) is 5.32 Å². The molecule has 0 aromatic heterocycles. The van der Waals surface area contributed by atoms with E-state index in [4.69, 9.17) is 16.7 Å². The number of carbonyl (C=O) groups excluding carboxylic acids is 1. The lowest BCUT2D eigenvalue weighted by molar-refractivity contribution is -0.139.